The maximum absolute atomic E-state index is 14.4. The Kier molecular flexibility index (Phi) is 4.20. The molecule has 3 aromatic rings. The molecule has 3 rings (SSSR count). The summed E-state index contributed by atoms with van der Waals surface area (Å²) in [4.78, 5) is 23.6. The average Bonchev–Trinajstić information content (AvgIpc) is 2.83. The molecule has 0 aliphatic carbocycles. The molecule has 1 aromatic carbocycles. The Balaban J connectivity index is 2.29. The van der Waals surface area contributed by atoms with E-state index in [0.29, 0.717) is 15.4 Å². The van der Waals surface area contributed by atoms with Crippen LogP contribution in [0.15, 0.2) is 27.8 Å². The molecule has 134 valence electrons. The number of aromatic nitrogens is 3. The first-order valence-electron chi connectivity index (χ1n) is 7.05. The third-order valence-corrected chi connectivity index (χ3v) is 4.59. The zero-order valence-corrected chi connectivity index (χ0v) is 13.9. The first-order valence-corrected chi connectivity index (χ1v) is 7.87. The number of thiazole rings is 1. The van der Waals surface area contributed by atoms with E-state index in [1.165, 1.54) is 10.6 Å². The van der Waals surface area contributed by atoms with Crippen LogP contribution in [0.1, 0.15) is 5.69 Å². The third-order valence-electron chi connectivity index (χ3n) is 3.65. The molecule has 0 N–H and O–H groups in total. The molecular weight excluding hydrogens is 374 g/mol. The number of benzene rings is 1. The quantitative estimate of drug-likeness (QED) is 0.505. The lowest BCUT2D eigenvalue weighted by Crippen LogP contribution is -2.22. The highest BCUT2D eigenvalue weighted by Gasteiger charge is 2.34. The number of alkyl halides is 3. The van der Waals surface area contributed by atoms with Gasteiger partial charge in [-0.2, -0.15) is 18.3 Å². The number of nitrogens with zero attached hydrogens (tertiary/aromatic N) is 3. The predicted octanol–water partition coefficient (Wildman–Crippen LogP) is 2.61. The van der Waals surface area contributed by atoms with Crippen molar-refractivity contribution >= 4 is 21.6 Å². The van der Waals surface area contributed by atoms with Gasteiger partial charge in [0, 0.05) is 18.7 Å². The molecule has 0 amide bonds. The van der Waals surface area contributed by atoms with Crippen LogP contribution in [0.4, 0.5) is 17.6 Å². The van der Waals surface area contributed by atoms with Gasteiger partial charge < -0.3 is 0 Å². The minimum absolute atomic E-state index is 0.0671. The lowest BCUT2D eigenvalue weighted by molar-refractivity contribution is -0.144. The van der Waals surface area contributed by atoms with Crippen LogP contribution in [0.2, 0.25) is 0 Å². The number of hydrogen-bond donors (Lipinski definition) is 0. The van der Waals surface area contributed by atoms with Gasteiger partial charge >= 0.3 is 11.0 Å². The number of aryl methyl sites for hydroxylation is 1. The Labute approximate surface area is 147 Å². The summed E-state index contributed by atoms with van der Waals surface area (Å²) in [5.41, 5.74) is -2.87. The summed E-state index contributed by atoms with van der Waals surface area (Å²) in [6, 6.07) is 2.58. The molecule has 0 atom stereocenters. The fraction of sp³-hybridized carbons (Fsp3) is 0.188. The highest BCUT2D eigenvalue weighted by molar-refractivity contribution is 7.16. The summed E-state index contributed by atoms with van der Waals surface area (Å²) >= 11 is 0.769. The first-order chi connectivity index (χ1) is 12.1. The molecule has 0 radical (unpaired) electrons. The van der Waals surface area contributed by atoms with Gasteiger partial charge in [0.25, 0.3) is 0 Å². The number of terminal acetylenes is 1. The lowest BCUT2D eigenvalue weighted by atomic mass is 10.1. The normalized spacial score (nSPS) is 11.7. The summed E-state index contributed by atoms with van der Waals surface area (Å²) in [6.45, 7) is -0.0671. The van der Waals surface area contributed by atoms with Gasteiger partial charge in [-0.25, -0.2) is 4.39 Å². The molecule has 0 spiro atoms. The molecule has 0 fully saturated rings. The second-order valence-electron chi connectivity index (χ2n) is 5.32. The largest absolute Gasteiger partial charge is 0.433 e. The van der Waals surface area contributed by atoms with Gasteiger partial charge in [0.2, 0.25) is 5.43 Å². The minimum atomic E-state index is -4.78. The second-order valence-corrected chi connectivity index (χ2v) is 6.32. The summed E-state index contributed by atoms with van der Waals surface area (Å²) < 4.78 is 55.0. The van der Waals surface area contributed by atoms with E-state index in [0.717, 1.165) is 24.5 Å². The van der Waals surface area contributed by atoms with Crippen molar-refractivity contribution in [3.63, 3.8) is 0 Å². The summed E-state index contributed by atoms with van der Waals surface area (Å²) in [7, 11) is 1.00. The Morgan fingerprint density at radius 3 is 2.58 bits per heavy atom. The van der Waals surface area contributed by atoms with Gasteiger partial charge in [-0.3, -0.25) is 18.8 Å². The maximum Gasteiger partial charge on any atom is 0.433 e. The van der Waals surface area contributed by atoms with Crippen LogP contribution in [0.3, 0.4) is 0 Å². The molecule has 2 aromatic heterocycles. The van der Waals surface area contributed by atoms with Gasteiger partial charge in [-0.05, 0) is 12.1 Å². The third kappa shape index (κ3) is 2.90. The van der Waals surface area contributed by atoms with Crippen molar-refractivity contribution in [3.05, 3.63) is 49.6 Å². The fourth-order valence-electron chi connectivity index (χ4n) is 2.50. The van der Waals surface area contributed by atoms with Crippen LogP contribution in [0.25, 0.3) is 21.5 Å². The summed E-state index contributed by atoms with van der Waals surface area (Å²) in [6.07, 6.45) is 0.433. The SMILES string of the molecule is C#CCn1c(=O)sc2cc(F)c(-c3nn(C)c(C(F)(F)F)cc3=O)cc21. The van der Waals surface area contributed by atoms with Crippen LogP contribution in [0.5, 0.6) is 0 Å². The van der Waals surface area contributed by atoms with E-state index in [4.69, 9.17) is 6.42 Å². The second kappa shape index (κ2) is 6.10. The van der Waals surface area contributed by atoms with Crippen LogP contribution in [0, 0.1) is 18.2 Å². The molecule has 0 bridgehead atoms. The zero-order chi connectivity index (χ0) is 19.2. The summed E-state index contributed by atoms with van der Waals surface area (Å²) in [5, 5.41) is 3.58. The van der Waals surface area contributed by atoms with Crippen molar-refractivity contribution in [2.45, 2.75) is 12.7 Å². The monoisotopic (exact) mass is 383 g/mol. The maximum atomic E-state index is 14.4. The molecule has 10 heteroatoms. The Morgan fingerprint density at radius 1 is 1.27 bits per heavy atom. The van der Waals surface area contributed by atoms with E-state index in [9.17, 15) is 27.2 Å². The molecule has 26 heavy (non-hydrogen) atoms. The van der Waals surface area contributed by atoms with E-state index in [-0.39, 0.29) is 17.6 Å². The molecule has 0 aliphatic heterocycles. The number of halogens is 4. The minimum Gasteiger partial charge on any atom is -0.287 e. The predicted molar refractivity (Wildman–Crippen MR) is 88.4 cm³/mol. The van der Waals surface area contributed by atoms with Gasteiger partial charge in [0.05, 0.1) is 16.8 Å². The van der Waals surface area contributed by atoms with Gasteiger partial charge in [-0.15, -0.1) is 6.42 Å². The van der Waals surface area contributed by atoms with Crippen molar-refractivity contribution in [2.24, 2.45) is 7.05 Å². The number of fused-ring (bicyclic) bond motifs is 1. The van der Waals surface area contributed by atoms with Crippen molar-refractivity contribution in [3.8, 4) is 23.6 Å². The first kappa shape index (κ1) is 17.9. The molecule has 0 unspecified atom stereocenters. The molecule has 0 saturated heterocycles. The fourth-order valence-corrected chi connectivity index (χ4v) is 3.39. The number of hydrogen-bond acceptors (Lipinski definition) is 4. The van der Waals surface area contributed by atoms with E-state index in [1.54, 1.807) is 0 Å². The highest BCUT2D eigenvalue weighted by atomic mass is 32.1. The van der Waals surface area contributed by atoms with Crippen LogP contribution < -0.4 is 10.3 Å². The number of rotatable bonds is 2. The smallest absolute Gasteiger partial charge is 0.287 e. The molecule has 0 aliphatic rings. The van der Waals surface area contributed by atoms with Crippen LogP contribution in [-0.2, 0) is 19.8 Å². The van der Waals surface area contributed by atoms with Crippen molar-refractivity contribution in [1.29, 1.82) is 0 Å². The molecular formula is C16H9F4N3O2S. The zero-order valence-electron chi connectivity index (χ0n) is 13.1. The summed E-state index contributed by atoms with van der Waals surface area (Å²) in [5.74, 6) is 1.41. The molecule has 0 saturated carbocycles. The van der Waals surface area contributed by atoms with Gasteiger partial charge in [0.1, 0.15) is 17.2 Å². The van der Waals surface area contributed by atoms with E-state index >= 15 is 0 Å². The Morgan fingerprint density at radius 2 is 1.96 bits per heavy atom. The molecule has 5 nitrogen and oxygen atoms in total. The topological polar surface area (TPSA) is 56.9 Å². The standard InChI is InChI=1S/C16H9F4N3O2S/c1-3-4-23-10-5-8(9(17)6-12(10)26-15(23)25)14-11(24)7-13(16(18,19)20)22(2)21-14/h1,5-7H,4H2,2H3. The average molecular weight is 383 g/mol. The highest BCUT2D eigenvalue weighted by Crippen LogP contribution is 2.30. The Bertz CT molecular complexity index is 1180. The Hall–Kier alpha value is -2.93. The van der Waals surface area contributed by atoms with E-state index < -0.39 is 33.7 Å². The lowest BCUT2D eigenvalue weighted by Gasteiger charge is -2.12. The van der Waals surface area contributed by atoms with Crippen LogP contribution in [-0.4, -0.2) is 14.3 Å². The molecule has 2 heterocycles. The van der Waals surface area contributed by atoms with Crippen molar-refractivity contribution in [2.75, 3.05) is 0 Å². The van der Waals surface area contributed by atoms with Gasteiger partial charge in [0.15, 0.2) is 0 Å². The van der Waals surface area contributed by atoms with E-state index in [2.05, 4.69) is 11.0 Å². The van der Waals surface area contributed by atoms with Crippen molar-refractivity contribution in [1.82, 2.24) is 14.3 Å². The van der Waals surface area contributed by atoms with E-state index in [1.807, 2.05) is 0 Å². The van der Waals surface area contributed by atoms with Crippen molar-refractivity contribution < 1.29 is 17.6 Å². The van der Waals surface area contributed by atoms with Gasteiger partial charge in [-0.1, -0.05) is 17.3 Å². The van der Waals surface area contributed by atoms with Crippen LogP contribution >= 0.6 is 11.3 Å².